The van der Waals surface area contributed by atoms with Gasteiger partial charge >= 0.3 is 6.08 Å². The molecule has 2 aromatic rings. The number of amides is 1. The molecule has 1 aromatic carbocycles. The first-order valence-corrected chi connectivity index (χ1v) is 6.86. The minimum Gasteiger partial charge on any atom is -0.409 e. The van der Waals surface area contributed by atoms with E-state index < -0.39 is 5.91 Å². The molecule has 0 unspecified atom stereocenters. The van der Waals surface area contributed by atoms with Crippen molar-refractivity contribution in [3.63, 3.8) is 0 Å². The van der Waals surface area contributed by atoms with Gasteiger partial charge in [-0.3, -0.25) is 14.0 Å². The van der Waals surface area contributed by atoms with Crippen LogP contribution in [0.25, 0.3) is 0 Å². The van der Waals surface area contributed by atoms with E-state index in [-0.39, 0.29) is 11.8 Å². The summed E-state index contributed by atoms with van der Waals surface area (Å²) in [5, 5.41) is 7.20. The molecule has 22 heavy (non-hydrogen) atoms. The Labute approximate surface area is 130 Å². The van der Waals surface area contributed by atoms with Gasteiger partial charge in [-0.15, -0.1) is 0 Å². The lowest BCUT2D eigenvalue weighted by Gasteiger charge is -2.10. The van der Waals surface area contributed by atoms with E-state index in [2.05, 4.69) is 24.7 Å². The highest BCUT2D eigenvalue weighted by Gasteiger charge is 2.20. The van der Waals surface area contributed by atoms with E-state index in [1.54, 1.807) is 31.3 Å². The van der Waals surface area contributed by atoms with Crippen LogP contribution in [0.3, 0.4) is 0 Å². The minimum absolute atomic E-state index is 0.0420. The first-order chi connectivity index (χ1) is 10.8. The van der Waals surface area contributed by atoms with Crippen LogP contribution < -0.4 is 14.2 Å². The number of nitrogens with zero attached hydrogens (tertiary/aromatic N) is 3. The summed E-state index contributed by atoms with van der Waals surface area (Å²) >= 11 is 1.01. The standard InChI is InChI=1S/C12H13N5O4S/c1-13-22-17-11(18)10(16-19-2)8-5-3-4-6-9(8)20-12-14-7-15-21-12/h3-7,13H,1-2H3,(H,17,18)/b16-10+. The molecule has 0 aliphatic heterocycles. The van der Waals surface area contributed by atoms with Crippen molar-refractivity contribution in [2.24, 2.45) is 5.16 Å². The number of hydrogen-bond donors (Lipinski definition) is 2. The van der Waals surface area contributed by atoms with E-state index in [4.69, 9.17) is 14.1 Å². The highest BCUT2D eigenvalue weighted by Crippen LogP contribution is 2.24. The number of nitrogens with one attached hydrogen (secondary N) is 2. The van der Waals surface area contributed by atoms with Crippen LogP contribution in [-0.4, -0.2) is 35.9 Å². The summed E-state index contributed by atoms with van der Waals surface area (Å²) in [7, 11) is 3.02. The summed E-state index contributed by atoms with van der Waals surface area (Å²) in [6.45, 7) is 0. The molecule has 1 heterocycles. The van der Waals surface area contributed by atoms with Gasteiger partial charge in [-0.25, -0.2) is 4.72 Å². The molecule has 1 aromatic heterocycles. The zero-order valence-corrected chi connectivity index (χ0v) is 12.6. The first-order valence-electron chi connectivity index (χ1n) is 6.04. The van der Waals surface area contributed by atoms with Crippen molar-refractivity contribution in [3.05, 3.63) is 36.2 Å². The fourth-order valence-corrected chi connectivity index (χ4v) is 1.79. The quantitative estimate of drug-likeness (QED) is 0.443. The highest BCUT2D eigenvalue weighted by molar-refractivity contribution is 7.96. The van der Waals surface area contributed by atoms with Crippen molar-refractivity contribution < 1.29 is 18.9 Å². The van der Waals surface area contributed by atoms with Crippen molar-refractivity contribution in [2.45, 2.75) is 0 Å². The number of benzene rings is 1. The molecule has 116 valence electrons. The average Bonchev–Trinajstić information content (AvgIpc) is 3.04. The van der Waals surface area contributed by atoms with E-state index in [1.807, 2.05) is 0 Å². The third-order valence-electron chi connectivity index (χ3n) is 2.32. The van der Waals surface area contributed by atoms with Crippen molar-refractivity contribution >= 4 is 23.8 Å². The molecule has 0 fully saturated rings. The molecule has 0 bridgehead atoms. The number of carbonyl (C=O) groups is 1. The van der Waals surface area contributed by atoms with Gasteiger partial charge in [0.1, 0.15) is 12.9 Å². The Bertz CT molecular complexity index is 647. The van der Waals surface area contributed by atoms with Crippen LogP contribution in [0.15, 0.2) is 40.3 Å². The van der Waals surface area contributed by atoms with E-state index in [9.17, 15) is 4.79 Å². The van der Waals surface area contributed by atoms with Crippen LogP contribution in [0.2, 0.25) is 0 Å². The lowest BCUT2D eigenvalue weighted by Crippen LogP contribution is -2.29. The van der Waals surface area contributed by atoms with E-state index in [0.29, 0.717) is 11.3 Å². The monoisotopic (exact) mass is 323 g/mol. The van der Waals surface area contributed by atoms with Crippen LogP contribution in [0, 0.1) is 0 Å². The SMILES string of the molecule is CNSNC(=O)/C(=N/OC)c1ccccc1Oc1ncno1. The van der Waals surface area contributed by atoms with Gasteiger partial charge in [0.25, 0.3) is 5.91 Å². The van der Waals surface area contributed by atoms with Crippen LogP contribution in [0.4, 0.5) is 0 Å². The van der Waals surface area contributed by atoms with E-state index >= 15 is 0 Å². The molecule has 0 spiro atoms. The van der Waals surface area contributed by atoms with E-state index in [1.165, 1.54) is 13.4 Å². The van der Waals surface area contributed by atoms with Gasteiger partial charge < -0.3 is 9.57 Å². The van der Waals surface area contributed by atoms with Gasteiger partial charge in [-0.2, -0.15) is 4.98 Å². The average molecular weight is 323 g/mol. The van der Waals surface area contributed by atoms with Crippen molar-refractivity contribution in [2.75, 3.05) is 14.2 Å². The lowest BCUT2D eigenvalue weighted by molar-refractivity contribution is -0.113. The number of hydrogen-bond acceptors (Lipinski definition) is 9. The van der Waals surface area contributed by atoms with Gasteiger partial charge in [0.2, 0.25) is 0 Å². The Morgan fingerprint density at radius 1 is 1.41 bits per heavy atom. The zero-order valence-electron chi connectivity index (χ0n) is 11.8. The van der Waals surface area contributed by atoms with Gasteiger partial charge in [0, 0.05) is 12.1 Å². The predicted molar refractivity (Wildman–Crippen MR) is 79.2 cm³/mol. The number of carbonyl (C=O) groups excluding carboxylic acids is 1. The summed E-state index contributed by atoms with van der Waals surface area (Å²) < 4.78 is 15.5. The number of aromatic nitrogens is 2. The molecule has 0 aliphatic carbocycles. The number of rotatable bonds is 7. The van der Waals surface area contributed by atoms with Crippen molar-refractivity contribution in [1.82, 2.24) is 19.6 Å². The summed E-state index contributed by atoms with van der Waals surface area (Å²) in [5.74, 6) is -0.130. The molecule has 2 rings (SSSR count). The summed E-state index contributed by atoms with van der Waals surface area (Å²) in [5.41, 5.74) is 0.456. The molecular formula is C12H13N5O4S. The highest BCUT2D eigenvalue weighted by atomic mass is 32.2. The maximum Gasteiger partial charge on any atom is 0.422 e. The normalized spacial score (nSPS) is 11.1. The zero-order chi connectivity index (χ0) is 15.8. The molecule has 2 N–H and O–H groups in total. The second-order valence-electron chi connectivity index (χ2n) is 3.67. The largest absolute Gasteiger partial charge is 0.422 e. The summed E-state index contributed by atoms with van der Waals surface area (Å²) in [6, 6.07) is 6.77. The lowest BCUT2D eigenvalue weighted by atomic mass is 10.1. The van der Waals surface area contributed by atoms with Crippen LogP contribution >= 0.6 is 12.1 Å². The topological polar surface area (TPSA) is 111 Å². The Balaban J connectivity index is 2.31. The molecule has 1 amide bonds. The van der Waals surface area contributed by atoms with Crippen LogP contribution in [-0.2, 0) is 9.63 Å². The summed E-state index contributed by atoms with van der Waals surface area (Å²) in [4.78, 5) is 20.7. The maximum absolute atomic E-state index is 12.2. The third-order valence-corrected chi connectivity index (χ3v) is 2.82. The Kier molecular flexibility index (Phi) is 5.74. The first kappa shape index (κ1) is 15.8. The molecule has 0 saturated heterocycles. The number of para-hydroxylation sites is 1. The predicted octanol–water partition coefficient (Wildman–Crippen LogP) is 1.11. The fourth-order valence-electron chi connectivity index (χ4n) is 1.50. The second-order valence-corrected chi connectivity index (χ2v) is 4.48. The fraction of sp³-hybridized carbons (Fsp3) is 0.167. The molecular weight excluding hydrogens is 310 g/mol. The van der Waals surface area contributed by atoms with Crippen molar-refractivity contribution in [1.29, 1.82) is 0 Å². The van der Waals surface area contributed by atoms with E-state index in [0.717, 1.165) is 12.1 Å². The molecule has 9 nitrogen and oxygen atoms in total. The molecule has 0 saturated carbocycles. The second kappa shape index (κ2) is 8.00. The van der Waals surface area contributed by atoms with Gasteiger partial charge in [-0.1, -0.05) is 22.4 Å². The Morgan fingerprint density at radius 2 is 2.23 bits per heavy atom. The third kappa shape index (κ3) is 3.96. The number of oxime groups is 1. The van der Waals surface area contributed by atoms with Crippen LogP contribution in [0.1, 0.15) is 5.56 Å². The summed E-state index contributed by atoms with van der Waals surface area (Å²) in [6.07, 6.45) is 1.16. The molecule has 0 radical (unpaired) electrons. The smallest absolute Gasteiger partial charge is 0.409 e. The van der Waals surface area contributed by atoms with Crippen LogP contribution in [0.5, 0.6) is 11.8 Å². The number of ether oxygens (including phenoxy) is 1. The molecule has 10 heteroatoms. The Morgan fingerprint density at radius 3 is 2.91 bits per heavy atom. The van der Waals surface area contributed by atoms with Gasteiger partial charge in [0.15, 0.2) is 12.0 Å². The maximum atomic E-state index is 12.2. The Hall–Kier alpha value is -2.59. The molecule has 0 atom stereocenters. The minimum atomic E-state index is -0.456. The van der Waals surface area contributed by atoms with Gasteiger partial charge in [-0.05, 0) is 19.2 Å². The molecule has 0 aliphatic rings. The van der Waals surface area contributed by atoms with Gasteiger partial charge in [0.05, 0.1) is 5.56 Å². The van der Waals surface area contributed by atoms with Crippen molar-refractivity contribution in [3.8, 4) is 11.8 Å².